The quantitative estimate of drug-likeness (QED) is 0.871. The maximum Gasteiger partial charge on any atom is 0.102 e. The lowest BCUT2D eigenvalue weighted by Crippen LogP contribution is -2.23. The molecule has 1 unspecified atom stereocenters. The predicted molar refractivity (Wildman–Crippen MR) is 84.2 cm³/mol. The van der Waals surface area contributed by atoms with E-state index >= 15 is 0 Å². The highest BCUT2D eigenvalue weighted by atomic mass is 32.1. The molecule has 2 rings (SSSR count). The number of aromatic nitrogens is 2. The van der Waals surface area contributed by atoms with Crippen molar-refractivity contribution in [2.75, 3.05) is 0 Å². The molecule has 0 aromatic carbocycles. The van der Waals surface area contributed by atoms with Crippen LogP contribution in [0.25, 0.3) is 0 Å². The summed E-state index contributed by atoms with van der Waals surface area (Å²) >= 11 is 1.65. The van der Waals surface area contributed by atoms with Gasteiger partial charge in [0, 0.05) is 22.4 Å². The van der Waals surface area contributed by atoms with Crippen molar-refractivity contribution in [3.8, 4) is 0 Å². The van der Waals surface area contributed by atoms with Crippen molar-refractivity contribution in [2.45, 2.75) is 58.6 Å². The van der Waals surface area contributed by atoms with Crippen LogP contribution in [0.3, 0.4) is 0 Å². The molecule has 0 saturated carbocycles. The zero-order chi connectivity index (χ0) is 14.8. The second kappa shape index (κ2) is 6.10. The van der Waals surface area contributed by atoms with Crippen LogP contribution in [-0.4, -0.2) is 14.9 Å². The highest BCUT2D eigenvalue weighted by molar-refractivity contribution is 7.12. The van der Waals surface area contributed by atoms with Gasteiger partial charge in [-0.15, -0.1) is 11.3 Å². The molecule has 0 bridgehead atoms. The molecule has 110 valence electrons. The topological polar surface area (TPSA) is 38.0 Å². The van der Waals surface area contributed by atoms with Gasteiger partial charge in [-0.3, -0.25) is 4.68 Å². The molecular formula is C16H24N2OS. The molecule has 0 aliphatic carbocycles. The Morgan fingerprint density at radius 3 is 2.55 bits per heavy atom. The minimum Gasteiger partial charge on any atom is -0.384 e. The van der Waals surface area contributed by atoms with Gasteiger partial charge in [-0.1, -0.05) is 13.8 Å². The summed E-state index contributed by atoms with van der Waals surface area (Å²) in [5.74, 6) is 0. The van der Waals surface area contributed by atoms with Crippen molar-refractivity contribution in [1.82, 2.24) is 9.78 Å². The summed E-state index contributed by atoms with van der Waals surface area (Å²) in [6.07, 6.45) is 4.75. The molecule has 2 aromatic rings. The van der Waals surface area contributed by atoms with E-state index in [0.29, 0.717) is 12.5 Å². The van der Waals surface area contributed by atoms with Crippen LogP contribution in [0.4, 0.5) is 0 Å². The van der Waals surface area contributed by atoms with E-state index in [9.17, 15) is 5.11 Å². The van der Waals surface area contributed by atoms with Crippen LogP contribution in [0.5, 0.6) is 0 Å². The lowest BCUT2D eigenvalue weighted by Gasteiger charge is -2.20. The minimum absolute atomic E-state index is 0.456. The van der Waals surface area contributed by atoms with Gasteiger partial charge in [0.2, 0.25) is 0 Å². The molecule has 0 fully saturated rings. The van der Waals surface area contributed by atoms with Crippen molar-refractivity contribution in [3.05, 3.63) is 39.8 Å². The fourth-order valence-electron chi connectivity index (χ4n) is 2.50. The number of hydrogen-bond acceptors (Lipinski definition) is 3. The fourth-order valence-corrected chi connectivity index (χ4v) is 3.41. The first kappa shape index (κ1) is 15.3. The van der Waals surface area contributed by atoms with Crippen LogP contribution >= 0.6 is 11.3 Å². The molecule has 2 heterocycles. The van der Waals surface area contributed by atoms with Crippen molar-refractivity contribution in [1.29, 1.82) is 0 Å². The maximum atomic E-state index is 10.7. The first-order valence-electron chi connectivity index (χ1n) is 7.29. The van der Waals surface area contributed by atoms with Gasteiger partial charge in [0.25, 0.3) is 0 Å². The molecule has 4 heteroatoms. The number of thiophene rings is 1. The van der Waals surface area contributed by atoms with Gasteiger partial charge in [0.1, 0.15) is 5.60 Å². The van der Waals surface area contributed by atoms with Crippen LogP contribution < -0.4 is 0 Å². The molecule has 0 amide bonds. The Hall–Kier alpha value is -1.13. The first-order chi connectivity index (χ1) is 9.46. The predicted octanol–water partition coefficient (Wildman–Crippen LogP) is 4.06. The van der Waals surface area contributed by atoms with Crippen LogP contribution in [0.1, 0.15) is 55.1 Å². The van der Waals surface area contributed by atoms with Crippen molar-refractivity contribution < 1.29 is 5.11 Å². The molecule has 0 spiro atoms. The molecule has 0 radical (unpaired) electrons. The summed E-state index contributed by atoms with van der Waals surface area (Å²) in [4.78, 5) is 2.23. The van der Waals surface area contributed by atoms with Gasteiger partial charge in [0.15, 0.2) is 0 Å². The third-order valence-corrected chi connectivity index (χ3v) is 5.03. The zero-order valence-corrected chi connectivity index (χ0v) is 13.6. The standard InChI is InChI=1S/C16H24N2OS/c1-5-14(6-2)18-10-9-13(17-18)11-16(4,19)15-8-7-12(3)20-15/h7-10,14,19H,5-6,11H2,1-4H3. The van der Waals surface area contributed by atoms with E-state index in [2.05, 4.69) is 31.9 Å². The van der Waals surface area contributed by atoms with E-state index in [1.165, 1.54) is 4.88 Å². The number of nitrogens with zero attached hydrogens (tertiary/aromatic N) is 2. The largest absolute Gasteiger partial charge is 0.384 e. The van der Waals surface area contributed by atoms with E-state index in [4.69, 9.17) is 0 Å². The second-order valence-corrected chi connectivity index (χ2v) is 6.91. The van der Waals surface area contributed by atoms with Crippen molar-refractivity contribution in [3.63, 3.8) is 0 Å². The summed E-state index contributed by atoms with van der Waals surface area (Å²) in [5.41, 5.74) is 0.111. The maximum absolute atomic E-state index is 10.7. The second-order valence-electron chi connectivity index (χ2n) is 5.62. The van der Waals surface area contributed by atoms with Gasteiger partial charge in [-0.25, -0.2) is 0 Å². The van der Waals surface area contributed by atoms with Crippen LogP contribution in [0.15, 0.2) is 24.4 Å². The van der Waals surface area contributed by atoms with Gasteiger partial charge in [-0.05, 0) is 44.9 Å². The molecule has 3 nitrogen and oxygen atoms in total. The number of aliphatic hydroxyl groups is 1. The average molecular weight is 292 g/mol. The average Bonchev–Trinajstić information content (AvgIpc) is 3.00. The highest BCUT2D eigenvalue weighted by Gasteiger charge is 2.26. The van der Waals surface area contributed by atoms with Gasteiger partial charge >= 0.3 is 0 Å². The summed E-state index contributed by atoms with van der Waals surface area (Å²) in [7, 11) is 0. The van der Waals surface area contributed by atoms with Crippen LogP contribution in [0, 0.1) is 6.92 Å². The molecule has 1 atom stereocenters. The van der Waals surface area contributed by atoms with Crippen molar-refractivity contribution >= 4 is 11.3 Å². The molecule has 2 aromatic heterocycles. The Kier molecular flexibility index (Phi) is 4.66. The van der Waals surface area contributed by atoms with E-state index in [0.717, 1.165) is 23.4 Å². The molecule has 1 N–H and O–H groups in total. The molecule has 0 aliphatic rings. The molecular weight excluding hydrogens is 268 g/mol. The third kappa shape index (κ3) is 3.30. The Morgan fingerprint density at radius 2 is 2.00 bits per heavy atom. The van der Waals surface area contributed by atoms with Gasteiger partial charge in [-0.2, -0.15) is 5.10 Å². The van der Waals surface area contributed by atoms with Crippen LogP contribution in [0.2, 0.25) is 0 Å². The van der Waals surface area contributed by atoms with E-state index < -0.39 is 5.60 Å². The smallest absolute Gasteiger partial charge is 0.102 e. The van der Waals surface area contributed by atoms with E-state index in [1.807, 2.05) is 29.9 Å². The lowest BCUT2D eigenvalue weighted by atomic mass is 9.98. The highest BCUT2D eigenvalue weighted by Crippen LogP contribution is 2.30. The Morgan fingerprint density at radius 1 is 1.30 bits per heavy atom. The van der Waals surface area contributed by atoms with E-state index in [-0.39, 0.29) is 0 Å². The van der Waals surface area contributed by atoms with Gasteiger partial charge in [0.05, 0.1) is 11.7 Å². The Labute approximate surface area is 125 Å². The van der Waals surface area contributed by atoms with Crippen molar-refractivity contribution in [2.24, 2.45) is 0 Å². The SMILES string of the molecule is CCC(CC)n1ccc(CC(C)(O)c2ccc(C)s2)n1. The van der Waals surface area contributed by atoms with Crippen LogP contribution in [-0.2, 0) is 12.0 Å². The Bertz CT molecular complexity index is 552. The normalized spacial score (nSPS) is 14.7. The molecule has 20 heavy (non-hydrogen) atoms. The fraction of sp³-hybridized carbons (Fsp3) is 0.562. The summed E-state index contributed by atoms with van der Waals surface area (Å²) < 4.78 is 2.03. The Balaban J connectivity index is 2.13. The lowest BCUT2D eigenvalue weighted by molar-refractivity contribution is 0.0602. The number of rotatable bonds is 6. The summed E-state index contributed by atoms with van der Waals surface area (Å²) in [6, 6.07) is 6.54. The zero-order valence-electron chi connectivity index (χ0n) is 12.8. The molecule has 0 saturated heterocycles. The molecule has 0 aliphatic heterocycles. The number of hydrogen-bond donors (Lipinski definition) is 1. The van der Waals surface area contributed by atoms with E-state index in [1.54, 1.807) is 11.3 Å². The third-order valence-electron chi connectivity index (χ3n) is 3.78. The summed E-state index contributed by atoms with van der Waals surface area (Å²) in [6.45, 7) is 8.29. The first-order valence-corrected chi connectivity index (χ1v) is 8.11. The minimum atomic E-state index is -0.841. The summed E-state index contributed by atoms with van der Waals surface area (Å²) in [5, 5.41) is 15.3. The van der Waals surface area contributed by atoms with Gasteiger partial charge < -0.3 is 5.11 Å². The number of aryl methyl sites for hydroxylation is 1. The monoisotopic (exact) mass is 292 g/mol.